The number of nitrogens with zero attached hydrogens (tertiary/aromatic N) is 3. The van der Waals surface area contributed by atoms with Crippen LogP contribution >= 0.6 is 0 Å². The molecule has 19 heavy (non-hydrogen) atoms. The molecule has 2 rings (SSSR count). The number of esters is 1. The lowest BCUT2D eigenvalue weighted by Gasteiger charge is -2.08. The molecule has 0 fully saturated rings. The molecule has 8 nitrogen and oxygen atoms in total. The largest absolute Gasteiger partial charge is 0.469 e. The van der Waals surface area contributed by atoms with Crippen LogP contribution in [0.3, 0.4) is 0 Å². The van der Waals surface area contributed by atoms with Crippen molar-refractivity contribution in [2.45, 2.75) is 13.3 Å². The van der Waals surface area contributed by atoms with Crippen molar-refractivity contribution in [3.05, 3.63) is 6.33 Å². The molecule has 8 heteroatoms. The molecule has 3 N–H and O–H groups in total. The zero-order valence-corrected chi connectivity index (χ0v) is 10.9. The smallest absolute Gasteiger partial charge is 0.307 e. The van der Waals surface area contributed by atoms with Crippen LogP contribution in [-0.4, -0.2) is 46.1 Å². The minimum atomic E-state index is -0.269. The summed E-state index contributed by atoms with van der Waals surface area (Å²) in [4.78, 5) is 26.7. The maximum absolute atomic E-state index is 11.1. The first kappa shape index (κ1) is 13.1. The second-order valence-electron chi connectivity index (χ2n) is 3.78. The van der Waals surface area contributed by atoms with Crippen molar-refractivity contribution < 1.29 is 9.53 Å². The van der Waals surface area contributed by atoms with E-state index in [9.17, 15) is 4.79 Å². The van der Waals surface area contributed by atoms with Gasteiger partial charge in [-0.1, -0.05) is 0 Å². The number of methoxy groups -OCH3 is 1. The number of imidazole rings is 1. The van der Waals surface area contributed by atoms with E-state index in [1.807, 2.05) is 6.92 Å². The molecular formula is C11H16N6O2. The zero-order valence-electron chi connectivity index (χ0n) is 10.9. The third-order valence-corrected chi connectivity index (χ3v) is 2.47. The number of fused-ring (bicyclic) bond motifs is 1. The molecule has 2 aromatic rings. The maximum atomic E-state index is 11.1. The van der Waals surface area contributed by atoms with Crippen LogP contribution in [0.15, 0.2) is 6.33 Å². The second kappa shape index (κ2) is 5.98. The van der Waals surface area contributed by atoms with E-state index in [0.717, 1.165) is 6.54 Å². The van der Waals surface area contributed by atoms with Gasteiger partial charge in [-0.25, -0.2) is 4.98 Å². The molecule has 0 aliphatic rings. The second-order valence-corrected chi connectivity index (χ2v) is 3.78. The summed E-state index contributed by atoms with van der Waals surface area (Å²) in [5.74, 6) is 0.847. The van der Waals surface area contributed by atoms with E-state index in [1.165, 1.54) is 7.11 Å². The van der Waals surface area contributed by atoms with Crippen LogP contribution in [0.25, 0.3) is 11.2 Å². The van der Waals surface area contributed by atoms with Crippen molar-refractivity contribution in [3.8, 4) is 0 Å². The zero-order chi connectivity index (χ0) is 13.7. The summed E-state index contributed by atoms with van der Waals surface area (Å²) in [6.07, 6.45) is 1.83. The highest BCUT2D eigenvalue weighted by Gasteiger charge is 2.09. The van der Waals surface area contributed by atoms with Gasteiger partial charge in [0.25, 0.3) is 0 Å². The number of hydrogen-bond donors (Lipinski definition) is 3. The van der Waals surface area contributed by atoms with Gasteiger partial charge < -0.3 is 20.4 Å². The summed E-state index contributed by atoms with van der Waals surface area (Å²) in [5.41, 5.74) is 1.29. The van der Waals surface area contributed by atoms with Crippen molar-refractivity contribution in [3.63, 3.8) is 0 Å². The van der Waals surface area contributed by atoms with E-state index in [4.69, 9.17) is 0 Å². The van der Waals surface area contributed by atoms with Gasteiger partial charge in [-0.15, -0.1) is 0 Å². The molecule has 102 valence electrons. The summed E-state index contributed by atoms with van der Waals surface area (Å²) in [7, 11) is 1.36. The van der Waals surface area contributed by atoms with E-state index in [0.29, 0.717) is 29.5 Å². The number of carbonyl (C=O) groups is 1. The Kier molecular flexibility index (Phi) is 4.11. The maximum Gasteiger partial charge on any atom is 0.307 e. The molecule has 2 heterocycles. The Hall–Kier alpha value is -2.38. The van der Waals surface area contributed by atoms with Gasteiger partial charge in [-0.2, -0.15) is 9.97 Å². The quantitative estimate of drug-likeness (QED) is 0.661. The number of anilines is 2. The lowest BCUT2D eigenvalue weighted by atomic mass is 10.4. The molecule has 0 aliphatic carbocycles. The third kappa shape index (κ3) is 3.09. The summed E-state index contributed by atoms with van der Waals surface area (Å²) in [6.45, 7) is 3.11. The predicted molar refractivity (Wildman–Crippen MR) is 71.0 cm³/mol. The van der Waals surface area contributed by atoms with Gasteiger partial charge in [0.2, 0.25) is 5.95 Å². The molecule has 0 spiro atoms. The molecule has 0 bridgehead atoms. The number of nitrogens with one attached hydrogen (secondary N) is 3. The lowest BCUT2D eigenvalue weighted by Crippen LogP contribution is -2.12. The molecule has 0 saturated carbocycles. The molecule has 0 aromatic carbocycles. The van der Waals surface area contributed by atoms with E-state index in [2.05, 4.69) is 35.3 Å². The van der Waals surface area contributed by atoms with Gasteiger partial charge >= 0.3 is 5.97 Å². The fraction of sp³-hybridized carbons (Fsp3) is 0.455. The van der Waals surface area contributed by atoms with Crippen molar-refractivity contribution in [2.24, 2.45) is 0 Å². The van der Waals surface area contributed by atoms with E-state index >= 15 is 0 Å². The summed E-state index contributed by atoms with van der Waals surface area (Å²) in [5, 5.41) is 6.11. The van der Waals surface area contributed by atoms with Gasteiger partial charge in [0.1, 0.15) is 5.52 Å². The number of aromatic nitrogens is 4. The van der Waals surface area contributed by atoms with Crippen molar-refractivity contribution >= 4 is 28.9 Å². The normalized spacial score (nSPS) is 10.4. The van der Waals surface area contributed by atoms with Crippen LogP contribution in [0.4, 0.5) is 11.8 Å². The highest BCUT2D eigenvalue weighted by molar-refractivity contribution is 5.83. The van der Waals surface area contributed by atoms with E-state index in [-0.39, 0.29) is 12.4 Å². The first-order valence-electron chi connectivity index (χ1n) is 6.00. The molecule has 0 radical (unpaired) electrons. The van der Waals surface area contributed by atoms with Crippen molar-refractivity contribution in [2.75, 3.05) is 30.8 Å². The number of carbonyl (C=O) groups excluding carboxylic acids is 1. The Bertz CT molecular complexity index is 567. The number of hydrogen-bond acceptors (Lipinski definition) is 7. The average molecular weight is 264 g/mol. The Morgan fingerprint density at radius 2 is 2.26 bits per heavy atom. The summed E-state index contributed by atoms with van der Waals surface area (Å²) in [6, 6.07) is 0. The molecule has 0 unspecified atom stereocenters. The van der Waals surface area contributed by atoms with E-state index in [1.54, 1.807) is 6.33 Å². The molecule has 2 aromatic heterocycles. The van der Waals surface area contributed by atoms with Crippen LogP contribution in [0.5, 0.6) is 0 Å². The number of aromatic amines is 1. The Labute approximate surface area is 110 Å². The van der Waals surface area contributed by atoms with Gasteiger partial charge in [-0.3, -0.25) is 4.79 Å². The first-order valence-corrected chi connectivity index (χ1v) is 6.00. The molecule has 0 saturated heterocycles. The monoisotopic (exact) mass is 264 g/mol. The highest BCUT2D eigenvalue weighted by atomic mass is 16.5. The molecule has 0 atom stereocenters. The van der Waals surface area contributed by atoms with Crippen molar-refractivity contribution in [1.29, 1.82) is 0 Å². The fourth-order valence-corrected chi connectivity index (χ4v) is 1.58. The first-order chi connectivity index (χ1) is 9.24. The van der Waals surface area contributed by atoms with Crippen LogP contribution in [0.1, 0.15) is 13.3 Å². The standard InChI is InChI=1S/C11H16N6O2/c1-3-12-11-16-9(13-5-4-7(18)19-2)8-10(17-11)15-6-14-8/h6H,3-5H2,1-2H3,(H3,12,13,14,15,16,17). The van der Waals surface area contributed by atoms with Crippen LogP contribution in [0, 0.1) is 0 Å². The Morgan fingerprint density at radius 3 is 3.00 bits per heavy atom. The lowest BCUT2D eigenvalue weighted by molar-refractivity contribution is -0.140. The molecule has 0 aliphatic heterocycles. The van der Waals surface area contributed by atoms with E-state index < -0.39 is 0 Å². The topological polar surface area (TPSA) is 105 Å². The number of ether oxygens (including phenoxy) is 1. The molecular weight excluding hydrogens is 248 g/mol. The SMILES string of the molecule is CCNc1nc(NCCC(=O)OC)c2[nH]cnc2n1. The van der Waals surface area contributed by atoms with Crippen LogP contribution in [0.2, 0.25) is 0 Å². The fourth-order valence-electron chi connectivity index (χ4n) is 1.58. The van der Waals surface area contributed by atoms with Gasteiger partial charge in [-0.05, 0) is 6.92 Å². The minimum Gasteiger partial charge on any atom is -0.469 e. The van der Waals surface area contributed by atoms with Crippen LogP contribution < -0.4 is 10.6 Å². The number of H-pyrrole nitrogens is 1. The molecule has 0 amide bonds. The minimum absolute atomic E-state index is 0.269. The Balaban J connectivity index is 2.15. The number of rotatable bonds is 6. The van der Waals surface area contributed by atoms with Gasteiger partial charge in [0.15, 0.2) is 11.5 Å². The van der Waals surface area contributed by atoms with Crippen molar-refractivity contribution in [1.82, 2.24) is 19.9 Å². The summed E-state index contributed by atoms with van der Waals surface area (Å²) >= 11 is 0. The Morgan fingerprint density at radius 1 is 1.42 bits per heavy atom. The van der Waals surface area contributed by atoms with Gasteiger partial charge in [0, 0.05) is 13.1 Å². The highest BCUT2D eigenvalue weighted by Crippen LogP contribution is 2.18. The predicted octanol–water partition coefficient (Wildman–Crippen LogP) is 0.760. The van der Waals surface area contributed by atoms with Gasteiger partial charge in [0.05, 0.1) is 19.9 Å². The average Bonchev–Trinajstić information content (AvgIpc) is 2.87. The third-order valence-electron chi connectivity index (χ3n) is 2.47. The summed E-state index contributed by atoms with van der Waals surface area (Å²) < 4.78 is 4.58. The van der Waals surface area contributed by atoms with Crippen LogP contribution in [-0.2, 0) is 9.53 Å².